The molecule has 2 rings (SSSR count). The molecule has 0 unspecified atom stereocenters. The molecule has 0 aliphatic heterocycles. The Hall–Kier alpha value is 0.638. The monoisotopic (exact) mass is 505 g/mol. The Morgan fingerprint density at radius 2 is 1.04 bits per heavy atom. The molecule has 2 aromatic heterocycles. The molecule has 2 nitrogen and oxygen atoms in total. The van der Waals surface area contributed by atoms with E-state index in [1.165, 1.54) is 0 Å². The van der Waals surface area contributed by atoms with Gasteiger partial charge >= 0.3 is 0 Å². The van der Waals surface area contributed by atoms with Crippen LogP contribution in [0, 0.1) is 6.82 Å². The third-order valence-electron chi connectivity index (χ3n) is 2.52. The zero-order chi connectivity index (χ0) is 17.8. The maximum Gasteiger partial charge on any atom is 0.200 e. The minimum atomic E-state index is 0. The van der Waals surface area contributed by atoms with Gasteiger partial charge in [0.15, 0.2) is 24.8 Å². The zero-order valence-electron chi connectivity index (χ0n) is 16.8. The third kappa shape index (κ3) is 24.6. The van der Waals surface area contributed by atoms with Crippen LogP contribution in [0.5, 0.6) is 0 Å². The second-order valence-corrected chi connectivity index (χ2v) is 4.13. The van der Waals surface area contributed by atoms with E-state index in [2.05, 4.69) is 42.6 Å². The second kappa shape index (κ2) is 33.2. The van der Waals surface area contributed by atoms with Crippen molar-refractivity contribution in [2.45, 2.75) is 61.3 Å². The Morgan fingerprint density at radius 3 is 1.35 bits per heavy atom. The topological polar surface area (TPSA) is 7.76 Å². The van der Waals surface area contributed by atoms with Gasteiger partial charge in [-0.25, -0.2) is 9.13 Å². The molecule has 0 fully saturated rings. The summed E-state index contributed by atoms with van der Waals surface area (Å²) in [6.07, 6.45) is 11.2. The average molecular weight is 505 g/mol. The predicted molar refractivity (Wildman–Crippen MR) is 110 cm³/mol. The van der Waals surface area contributed by atoms with Crippen LogP contribution >= 0.6 is 0 Å². The van der Waals surface area contributed by atoms with Gasteiger partial charge in [0.25, 0.3) is 0 Å². The van der Waals surface area contributed by atoms with Crippen molar-refractivity contribution >= 4 is 14.6 Å². The van der Waals surface area contributed by atoms with E-state index in [9.17, 15) is 0 Å². The number of pyridine rings is 2. The van der Waals surface area contributed by atoms with Gasteiger partial charge in [-0.05, 0) is 7.28 Å². The molecule has 0 aromatic carbocycles. The smallest absolute Gasteiger partial charge is 0.200 e. The van der Waals surface area contributed by atoms with Gasteiger partial charge in [-0.1, -0.05) is 60.5 Å². The molecule has 0 N–H and O–H groups in total. The largest absolute Gasteiger partial charge is 0.367 e. The predicted octanol–water partition coefficient (Wildman–Crippen LogP) is 4.18. The summed E-state index contributed by atoms with van der Waals surface area (Å²) in [4.78, 5) is 0. The van der Waals surface area contributed by atoms with Crippen molar-refractivity contribution in [3.63, 3.8) is 0 Å². The van der Waals surface area contributed by atoms with Crippen LogP contribution in [-0.4, -0.2) is 14.6 Å². The summed E-state index contributed by atoms with van der Waals surface area (Å²) in [5.41, 5.74) is 0. The Bertz CT molecular complexity index is 432. The summed E-state index contributed by atoms with van der Waals surface area (Å²) in [5, 5.41) is 0. The maximum absolute atomic E-state index is 3.64. The third-order valence-corrected chi connectivity index (χ3v) is 2.52. The van der Waals surface area contributed by atoms with Crippen LogP contribution in [0.4, 0.5) is 0 Å². The fraction of sp³-hybridized carbons (Fsp3) is 0.450. The SMILES string of the molecule is C.CC.CC.CC[B]C[n+]1ccccc1.[CH2-][B]C[n+]1ccccc1.[Y].[Y]. The Labute approximate surface area is 216 Å². The molecule has 0 atom stereocenters. The summed E-state index contributed by atoms with van der Waals surface area (Å²) in [6, 6.07) is 12.1. The van der Waals surface area contributed by atoms with Crippen LogP contribution in [0.15, 0.2) is 61.2 Å². The molecular weight excluding hydrogens is 468 g/mol. The average Bonchev–Trinajstić information content (AvgIpc) is 2.66. The van der Waals surface area contributed by atoms with Crippen molar-refractivity contribution in [2.24, 2.45) is 0 Å². The Kier molecular flexibility index (Phi) is 47.8. The van der Waals surface area contributed by atoms with Crippen LogP contribution < -0.4 is 9.13 Å². The molecule has 6 heteroatoms. The quantitative estimate of drug-likeness (QED) is 0.328. The molecule has 0 saturated heterocycles. The number of hydrogen-bond acceptors (Lipinski definition) is 0. The van der Waals surface area contributed by atoms with Crippen molar-refractivity contribution in [1.82, 2.24) is 0 Å². The van der Waals surface area contributed by atoms with Crippen molar-refractivity contribution in [2.75, 3.05) is 0 Å². The Morgan fingerprint density at radius 1 is 0.692 bits per heavy atom. The van der Waals surface area contributed by atoms with Gasteiger partial charge in [0, 0.05) is 89.7 Å². The molecule has 0 amide bonds. The summed E-state index contributed by atoms with van der Waals surface area (Å²) in [5.74, 6) is 0. The van der Waals surface area contributed by atoms with E-state index in [0.29, 0.717) is 0 Å². The molecule has 2 heterocycles. The van der Waals surface area contributed by atoms with Crippen LogP contribution in [0.1, 0.15) is 42.0 Å². The number of nitrogens with zero attached hydrogens (tertiary/aromatic N) is 2. The standard InChI is InChI=1S/C8H12BN.C7H9BN.2C2H6.CH4.2Y/c1-2-9-8-10-6-4-3-5-7-10;1-8-7-9-5-3-2-4-6-9;2*1-2;;;/h3-7H,2,8H2,1H3;2-6H,1,7H2;2*1-2H3;1H4;;/q+1;;;;;;. The molecular formula is C20H37B2N2Y2+. The van der Waals surface area contributed by atoms with Crippen molar-refractivity contribution in [3.05, 3.63) is 68.0 Å². The van der Waals surface area contributed by atoms with E-state index >= 15 is 0 Å². The van der Waals surface area contributed by atoms with E-state index in [4.69, 9.17) is 0 Å². The molecule has 0 bridgehead atoms. The molecule has 0 aliphatic rings. The van der Waals surface area contributed by atoms with Crippen LogP contribution in [0.2, 0.25) is 6.32 Å². The van der Waals surface area contributed by atoms with Gasteiger partial charge < -0.3 is 6.82 Å². The van der Waals surface area contributed by atoms with Crippen molar-refractivity contribution in [1.29, 1.82) is 0 Å². The fourth-order valence-corrected chi connectivity index (χ4v) is 1.54. The molecule has 4 radical (unpaired) electrons. The molecule has 2 aromatic rings. The maximum atomic E-state index is 3.64. The van der Waals surface area contributed by atoms with E-state index in [1.54, 1.807) is 0 Å². The van der Waals surface area contributed by atoms with Crippen LogP contribution in [0.3, 0.4) is 0 Å². The molecule has 0 saturated carbocycles. The fourth-order valence-electron chi connectivity index (χ4n) is 1.54. The summed E-state index contributed by atoms with van der Waals surface area (Å²) in [6.45, 7) is 13.8. The second-order valence-electron chi connectivity index (χ2n) is 4.13. The van der Waals surface area contributed by atoms with Gasteiger partial charge in [-0.15, -0.1) is 0 Å². The number of rotatable bonds is 5. The molecule has 138 valence electrons. The first-order chi connectivity index (χ1) is 11.4. The number of hydrogen-bond donors (Lipinski definition) is 0. The van der Waals surface area contributed by atoms with Crippen LogP contribution in [0.25, 0.3) is 0 Å². The van der Waals surface area contributed by atoms with Gasteiger partial charge in [0.1, 0.15) is 6.44 Å². The first kappa shape index (κ1) is 37.4. The van der Waals surface area contributed by atoms with Gasteiger partial charge in [-0.2, -0.15) is 0 Å². The van der Waals surface area contributed by atoms with Gasteiger partial charge in [-0.3, -0.25) is 0 Å². The van der Waals surface area contributed by atoms with Crippen molar-refractivity contribution < 1.29 is 74.6 Å². The van der Waals surface area contributed by atoms with E-state index in [-0.39, 0.29) is 72.8 Å². The first-order valence-corrected chi connectivity index (χ1v) is 8.67. The zero-order valence-corrected chi connectivity index (χ0v) is 22.5. The minimum absolute atomic E-state index is 0. The normalized spacial score (nSPS) is 7.15. The summed E-state index contributed by atoms with van der Waals surface area (Å²) < 4.78 is 4.22. The van der Waals surface area contributed by atoms with Gasteiger partial charge in [0.2, 0.25) is 7.28 Å². The van der Waals surface area contributed by atoms with Crippen molar-refractivity contribution in [3.8, 4) is 0 Å². The van der Waals surface area contributed by atoms with E-state index in [0.717, 1.165) is 19.2 Å². The van der Waals surface area contributed by atoms with E-state index < -0.39 is 0 Å². The Balaban J connectivity index is -0.0000000866. The van der Waals surface area contributed by atoms with E-state index in [1.807, 2.05) is 83.8 Å². The minimum Gasteiger partial charge on any atom is -0.367 e. The summed E-state index contributed by atoms with van der Waals surface area (Å²) >= 11 is 0. The molecule has 0 spiro atoms. The summed E-state index contributed by atoms with van der Waals surface area (Å²) in [7, 11) is 4.12. The van der Waals surface area contributed by atoms with Crippen LogP contribution in [-0.2, 0) is 78.3 Å². The van der Waals surface area contributed by atoms with Gasteiger partial charge in [0.05, 0.1) is 6.44 Å². The molecule has 26 heavy (non-hydrogen) atoms. The number of aromatic nitrogens is 2. The first-order valence-electron chi connectivity index (χ1n) is 8.67. The molecule has 0 aliphatic carbocycles.